The number of allylic oxidation sites excluding steroid dienone is 7. The minimum atomic E-state index is -4.60. The van der Waals surface area contributed by atoms with Crippen molar-refractivity contribution in [1.29, 1.82) is 0 Å². The molecule has 0 bridgehead atoms. The van der Waals surface area contributed by atoms with Crippen LogP contribution in [0.2, 0.25) is 0 Å². The van der Waals surface area contributed by atoms with Gasteiger partial charge < -0.3 is 28.8 Å². The number of hydrogen-bond donors (Lipinski definition) is 2. The molecule has 0 rings (SSSR count). The molecule has 0 fully saturated rings. The van der Waals surface area contributed by atoms with Gasteiger partial charge in [-0.25, -0.2) is 0 Å². The van der Waals surface area contributed by atoms with Crippen LogP contribution in [0.3, 0.4) is 0 Å². The van der Waals surface area contributed by atoms with E-state index in [2.05, 4.69) is 55.6 Å². The molecule has 0 aliphatic rings. The summed E-state index contributed by atoms with van der Waals surface area (Å²) in [6.45, 7) is 4.51. The first kappa shape index (κ1) is 56.5. The Morgan fingerprint density at radius 3 is 1.53 bits per heavy atom. The fraction of sp³-hybridized carbons (Fsp3) is 0.816. The topological polar surface area (TPSA) is 108 Å². The van der Waals surface area contributed by atoms with Crippen LogP contribution < -0.4 is 10.2 Å². The van der Waals surface area contributed by atoms with E-state index in [1.54, 1.807) is 6.08 Å². The Labute approximate surface area is 359 Å². The second-order valence-corrected chi connectivity index (χ2v) is 18.8. The molecule has 3 unspecified atom stereocenters. The van der Waals surface area contributed by atoms with E-state index in [9.17, 15) is 19.4 Å². The van der Waals surface area contributed by atoms with Crippen molar-refractivity contribution in [3.8, 4) is 0 Å². The quantitative estimate of drug-likeness (QED) is 0.0274. The van der Waals surface area contributed by atoms with Gasteiger partial charge in [-0.2, -0.15) is 0 Å². The summed E-state index contributed by atoms with van der Waals surface area (Å²) in [5.41, 5.74) is 0. The number of likely N-dealkylation sites (N-methyl/N-ethyl adjacent to an activating group) is 1. The van der Waals surface area contributed by atoms with E-state index in [4.69, 9.17) is 9.05 Å². The molecule has 0 aliphatic carbocycles. The van der Waals surface area contributed by atoms with Crippen molar-refractivity contribution in [3.05, 3.63) is 48.6 Å². The SMILES string of the molecule is CC/C=C\C/C=C\C/C=C\CCCCCC(=O)NC(COP(=O)([O-])OCC[N+](C)(C)C)C(O)/C=C/CCCCCCCCCCCCCCCCCCCCCCC. The summed E-state index contributed by atoms with van der Waals surface area (Å²) < 4.78 is 23.2. The average molecular weight is 837 g/mol. The lowest BCUT2D eigenvalue weighted by Gasteiger charge is -2.29. The van der Waals surface area contributed by atoms with Gasteiger partial charge in [-0.05, 0) is 51.4 Å². The molecular formula is C49H93N2O6P. The molecule has 340 valence electrons. The number of quaternary nitrogens is 1. The Morgan fingerprint density at radius 2 is 1.05 bits per heavy atom. The van der Waals surface area contributed by atoms with E-state index >= 15 is 0 Å². The molecule has 0 heterocycles. The van der Waals surface area contributed by atoms with E-state index in [1.165, 1.54) is 122 Å². The normalized spacial score (nSPS) is 14.7. The van der Waals surface area contributed by atoms with Crippen LogP contribution in [-0.4, -0.2) is 68.5 Å². The molecule has 0 spiro atoms. The molecule has 8 nitrogen and oxygen atoms in total. The van der Waals surface area contributed by atoms with E-state index in [0.717, 1.165) is 64.2 Å². The highest BCUT2D eigenvalue weighted by Gasteiger charge is 2.23. The minimum Gasteiger partial charge on any atom is -0.756 e. The number of phosphoric acid groups is 1. The zero-order valence-electron chi connectivity index (χ0n) is 38.5. The highest BCUT2D eigenvalue weighted by Crippen LogP contribution is 2.38. The second kappa shape index (κ2) is 40.8. The summed E-state index contributed by atoms with van der Waals surface area (Å²) in [5, 5.41) is 13.8. The predicted molar refractivity (Wildman–Crippen MR) is 247 cm³/mol. The smallest absolute Gasteiger partial charge is 0.268 e. The number of hydrogen-bond acceptors (Lipinski definition) is 6. The third-order valence-corrected chi connectivity index (χ3v) is 11.5. The number of rotatable bonds is 43. The summed E-state index contributed by atoms with van der Waals surface area (Å²) >= 11 is 0. The van der Waals surface area contributed by atoms with Crippen molar-refractivity contribution >= 4 is 13.7 Å². The number of aliphatic hydroxyl groups excluding tert-OH is 1. The molecule has 1 amide bonds. The minimum absolute atomic E-state index is 0.00813. The van der Waals surface area contributed by atoms with E-state index in [0.29, 0.717) is 17.4 Å². The van der Waals surface area contributed by atoms with E-state index < -0.39 is 26.6 Å². The maximum Gasteiger partial charge on any atom is 0.268 e. The first-order chi connectivity index (χ1) is 28.0. The first-order valence-electron chi connectivity index (χ1n) is 24.0. The molecule has 0 radical (unpaired) electrons. The molecule has 58 heavy (non-hydrogen) atoms. The third-order valence-electron chi connectivity index (χ3n) is 10.5. The molecule has 0 saturated carbocycles. The maximum atomic E-state index is 12.8. The number of aliphatic hydroxyl groups is 1. The summed E-state index contributed by atoms with van der Waals surface area (Å²) in [6.07, 6.45) is 51.7. The van der Waals surface area contributed by atoms with Crippen LogP contribution in [0.25, 0.3) is 0 Å². The Morgan fingerprint density at radius 1 is 0.621 bits per heavy atom. The lowest BCUT2D eigenvalue weighted by molar-refractivity contribution is -0.870. The summed E-state index contributed by atoms with van der Waals surface area (Å²) in [5.74, 6) is -0.227. The molecule has 0 saturated heterocycles. The van der Waals surface area contributed by atoms with Crippen LogP contribution in [0.5, 0.6) is 0 Å². The number of unbranched alkanes of at least 4 members (excludes halogenated alkanes) is 24. The number of nitrogens with one attached hydrogen (secondary N) is 1. The second-order valence-electron chi connectivity index (χ2n) is 17.4. The molecule has 2 N–H and O–H groups in total. The van der Waals surface area contributed by atoms with Crippen molar-refractivity contribution in [2.75, 3.05) is 40.9 Å². The van der Waals surface area contributed by atoms with Gasteiger partial charge in [0, 0.05) is 6.42 Å². The number of nitrogens with zero attached hydrogens (tertiary/aromatic N) is 1. The predicted octanol–water partition coefficient (Wildman–Crippen LogP) is 13.0. The lowest BCUT2D eigenvalue weighted by Crippen LogP contribution is -2.45. The molecule has 0 aromatic carbocycles. The Balaban J connectivity index is 4.32. The van der Waals surface area contributed by atoms with Gasteiger partial charge in [0.1, 0.15) is 13.2 Å². The average Bonchev–Trinajstić information content (AvgIpc) is 3.17. The summed E-state index contributed by atoms with van der Waals surface area (Å²) in [6, 6.07) is -0.902. The van der Waals surface area contributed by atoms with Crippen LogP contribution in [0.1, 0.15) is 206 Å². The molecule has 9 heteroatoms. The fourth-order valence-corrected chi connectivity index (χ4v) is 7.48. The number of carbonyl (C=O) groups is 1. The number of carbonyl (C=O) groups excluding carboxylic acids is 1. The van der Waals surface area contributed by atoms with Gasteiger partial charge in [-0.1, -0.05) is 197 Å². The van der Waals surface area contributed by atoms with Gasteiger partial charge in [0.25, 0.3) is 7.82 Å². The van der Waals surface area contributed by atoms with Crippen LogP contribution in [0.4, 0.5) is 0 Å². The van der Waals surface area contributed by atoms with Gasteiger partial charge in [0.2, 0.25) is 5.91 Å². The fourth-order valence-electron chi connectivity index (χ4n) is 6.75. The van der Waals surface area contributed by atoms with Gasteiger partial charge in [0.15, 0.2) is 0 Å². The van der Waals surface area contributed by atoms with Crippen LogP contribution >= 0.6 is 7.82 Å². The largest absolute Gasteiger partial charge is 0.756 e. The Kier molecular flexibility index (Phi) is 39.8. The van der Waals surface area contributed by atoms with Gasteiger partial charge >= 0.3 is 0 Å². The van der Waals surface area contributed by atoms with Crippen molar-refractivity contribution < 1.29 is 32.9 Å². The Bertz CT molecular complexity index is 1090. The standard InChI is InChI=1S/C49H93N2O6P/c1-6-8-10-12-14-16-18-20-21-22-23-24-25-26-27-28-29-31-32-34-36-38-40-42-48(52)47(46-57-58(54,55)56-45-44-51(3,4)5)50-49(53)43-41-39-37-35-33-30-19-17-15-13-11-9-7-2/h9,11,15,17,30,33,40,42,47-48,52H,6-8,10,12-14,16,18-29,31-32,34-39,41,43-46H2,1-5H3,(H-,50,53,54,55)/b11-9-,17-15-,33-30-,42-40+. The van der Waals surface area contributed by atoms with Crippen LogP contribution in [0.15, 0.2) is 48.6 Å². The van der Waals surface area contributed by atoms with Crippen LogP contribution in [-0.2, 0) is 18.4 Å². The van der Waals surface area contributed by atoms with Crippen molar-refractivity contribution in [1.82, 2.24) is 5.32 Å². The van der Waals surface area contributed by atoms with E-state index in [-0.39, 0.29) is 12.5 Å². The van der Waals surface area contributed by atoms with Gasteiger partial charge in [-0.15, -0.1) is 0 Å². The van der Waals surface area contributed by atoms with Gasteiger partial charge in [-0.3, -0.25) is 9.36 Å². The van der Waals surface area contributed by atoms with Crippen molar-refractivity contribution in [2.24, 2.45) is 0 Å². The zero-order chi connectivity index (χ0) is 42.8. The summed E-state index contributed by atoms with van der Waals surface area (Å²) in [4.78, 5) is 25.3. The molecule has 0 aromatic heterocycles. The molecular weight excluding hydrogens is 744 g/mol. The summed E-state index contributed by atoms with van der Waals surface area (Å²) in [7, 11) is 1.24. The van der Waals surface area contributed by atoms with Crippen molar-refractivity contribution in [2.45, 2.75) is 219 Å². The van der Waals surface area contributed by atoms with Crippen molar-refractivity contribution in [3.63, 3.8) is 0 Å². The first-order valence-corrected chi connectivity index (χ1v) is 25.5. The molecule has 0 aromatic rings. The molecule has 3 atom stereocenters. The van der Waals surface area contributed by atoms with E-state index in [1.807, 2.05) is 27.2 Å². The molecule has 0 aliphatic heterocycles. The Hall–Kier alpha value is -1.54. The maximum absolute atomic E-state index is 12.8. The highest BCUT2D eigenvalue weighted by molar-refractivity contribution is 7.45. The number of phosphoric ester groups is 1. The lowest BCUT2D eigenvalue weighted by atomic mass is 10.0. The van der Waals surface area contributed by atoms with Crippen LogP contribution in [0, 0.1) is 0 Å². The zero-order valence-corrected chi connectivity index (χ0v) is 39.4. The monoisotopic (exact) mass is 837 g/mol. The highest BCUT2D eigenvalue weighted by atomic mass is 31.2. The van der Waals surface area contributed by atoms with Gasteiger partial charge in [0.05, 0.1) is 39.9 Å². The third kappa shape index (κ3) is 42.6. The number of amides is 1.